The van der Waals surface area contributed by atoms with Crippen molar-refractivity contribution in [3.05, 3.63) is 82.2 Å². The van der Waals surface area contributed by atoms with E-state index < -0.39 is 0 Å². The van der Waals surface area contributed by atoms with Gasteiger partial charge in [-0.1, -0.05) is 42.0 Å². The summed E-state index contributed by atoms with van der Waals surface area (Å²) in [6.07, 6.45) is 1.66. The number of amides is 1. The summed E-state index contributed by atoms with van der Waals surface area (Å²) in [5.41, 5.74) is 10.9. The number of nitrogens with one attached hydrogen (secondary N) is 1. The minimum atomic E-state index is -0.274. The van der Waals surface area contributed by atoms with Crippen molar-refractivity contribution in [2.75, 3.05) is 0 Å². The van der Waals surface area contributed by atoms with E-state index in [1.54, 1.807) is 6.21 Å². The van der Waals surface area contributed by atoms with Crippen LogP contribution >= 0.6 is 0 Å². The maximum absolute atomic E-state index is 13.1. The van der Waals surface area contributed by atoms with Crippen LogP contribution in [0.1, 0.15) is 45.4 Å². The van der Waals surface area contributed by atoms with Crippen LogP contribution in [-0.2, 0) is 6.54 Å². The number of benzene rings is 2. The van der Waals surface area contributed by atoms with Crippen LogP contribution in [-0.4, -0.2) is 26.9 Å². The fraction of sp³-hybridized carbons (Fsp3) is 0.231. The Morgan fingerprint density at radius 2 is 1.88 bits per heavy atom. The van der Waals surface area contributed by atoms with Crippen molar-refractivity contribution >= 4 is 23.0 Å². The third-order valence-electron chi connectivity index (χ3n) is 5.72. The number of carbonyl (C=O) groups excluding carboxylic acids is 1. The summed E-state index contributed by atoms with van der Waals surface area (Å²) in [5.74, 6) is -0.274. The Bertz CT molecular complexity index is 1350. The largest absolute Gasteiger partial charge is 0.272 e. The summed E-state index contributed by atoms with van der Waals surface area (Å²) in [5, 5.41) is 9.51. The Balaban J connectivity index is 1.70. The Morgan fingerprint density at radius 3 is 2.59 bits per heavy atom. The van der Waals surface area contributed by atoms with E-state index in [1.807, 2.05) is 55.8 Å². The van der Waals surface area contributed by atoms with E-state index in [9.17, 15) is 4.79 Å². The van der Waals surface area contributed by atoms with Gasteiger partial charge in [-0.2, -0.15) is 10.2 Å². The predicted octanol–water partition coefficient (Wildman–Crippen LogP) is 5.12. The van der Waals surface area contributed by atoms with Crippen molar-refractivity contribution < 1.29 is 4.79 Å². The smallest absolute Gasteiger partial charge is 0.269 e. The summed E-state index contributed by atoms with van der Waals surface area (Å²) in [4.78, 5) is 17.9. The Kier molecular flexibility index (Phi) is 5.86. The monoisotopic (exact) mass is 425 g/mol. The number of hydrogen-bond acceptors (Lipinski definition) is 4. The summed E-state index contributed by atoms with van der Waals surface area (Å²) >= 11 is 0. The SMILES string of the molecule is CCn1nc(C)c(C=NNC(=O)c2cc(-c3ccc(C)cc3C)nc3ccccc23)c1C. The lowest BCUT2D eigenvalue weighted by molar-refractivity contribution is 0.0956. The van der Waals surface area contributed by atoms with Crippen LogP contribution in [0.5, 0.6) is 0 Å². The molecule has 162 valence electrons. The van der Waals surface area contributed by atoms with Gasteiger partial charge in [0.05, 0.1) is 28.7 Å². The van der Waals surface area contributed by atoms with Gasteiger partial charge in [-0.25, -0.2) is 10.4 Å². The van der Waals surface area contributed by atoms with Gasteiger partial charge in [0.2, 0.25) is 0 Å². The highest BCUT2D eigenvalue weighted by Gasteiger charge is 2.15. The summed E-state index contributed by atoms with van der Waals surface area (Å²) in [6, 6.07) is 15.8. The third-order valence-corrected chi connectivity index (χ3v) is 5.72. The molecular weight excluding hydrogens is 398 g/mol. The molecule has 1 amide bonds. The molecule has 0 bridgehead atoms. The van der Waals surface area contributed by atoms with E-state index >= 15 is 0 Å². The van der Waals surface area contributed by atoms with Crippen molar-refractivity contribution in [3.63, 3.8) is 0 Å². The third kappa shape index (κ3) is 4.04. The Morgan fingerprint density at radius 1 is 1.09 bits per heavy atom. The number of hydrogen-bond donors (Lipinski definition) is 1. The molecule has 0 aliphatic rings. The van der Waals surface area contributed by atoms with Gasteiger partial charge in [0.1, 0.15) is 0 Å². The summed E-state index contributed by atoms with van der Waals surface area (Å²) < 4.78 is 1.92. The molecule has 0 radical (unpaired) electrons. The number of nitrogens with zero attached hydrogens (tertiary/aromatic N) is 4. The zero-order valence-corrected chi connectivity index (χ0v) is 19.1. The molecule has 2 aromatic carbocycles. The molecule has 6 heteroatoms. The number of para-hydroxylation sites is 1. The molecule has 1 N–H and O–H groups in total. The first kappa shape index (κ1) is 21.4. The maximum Gasteiger partial charge on any atom is 0.272 e. The van der Waals surface area contributed by atoms with Crippen molar-refractivity contribution in [1.82, 2.24) is 20.2 Å². The molecule has 0 aliphatic heterocycles. The second-order valence-electron chi connectivity index (χ2n) is 7.99. The topological polar surface area (TPSA) is 72.2 Å². The molecule has 4 rings (SSSR count). The molecule has 32 heavy (non-hydrogen) atoms. The number of rotatable bonds is 5. The van der Waals surface area contributed by atoms with Gasteiger partial charge in [-0.15, -0.1) is 0 Å². The first-order valence-electron chi connectivity index (χ1n) is 10.7. The molecule has 0 saturated carbocycles. The number of aromatic nitrogens is 3. The first-order chi connectivity index (χ1) is 15.4. The van der Waals surface area contributed by atoms with E-state index in [4.69, 9.17) is 4.98 Å². The lowest BCUT2D eigenvalue weighted by atomic mass is 9.99. The fourth-order valence-electron chi connectivity index (χ4n) is 4.02. The van der Waals surface area contributed by atoms with Gasteiger partial charge < -0.3 is 0 Å². The van der Waals surface area contributed by atoms with Gasteiger partial charge in [-0.05, 0) is 52.3 Å². The minimum Gasteiger partial charge on any atom is -0.269 e. The van der Waals surface area contributed by atoms with Crippen LogP contribution in [0.3, 0.4) is 0 Å². The summed E-state index contributed by atoms with van der Waals surface area (Å²) in [6.45, 7) is 10.9. The van der Waals surface area contributed by atoms with E-state index in [2.05, 4.69) is 47.7 Å². The van der Waals surface area contributed by atoms with Crippen LogP contribution in [0.2, 0.25) is 0 Å². The van der Waals surface area contributed by atoms with Crippen LogP contribution < -0.4 is 5.43 Å². The quantitative estimate of drug-likeness (QED) is 0.356. The van der Waals surface area contributed by atoms with Crippen LogP contribution in [0.25, 0.3) is 22.2 Å². The molecule has 0 unspecified atom stereocenters. The molecule has 2 aromatic heterocycles. The molecule has 0 saturated heterocycles. The average Bonchev–Trinajstić information content (AvgIpc) is 3.05. The molecule has 0 spiro atoms. The molecule has 6 nitrogen and oxygen atoms in total. The van der Waals surface area contributed by atoms with Gasteiger partial charge in [0, 0.05) is 28.8 Å². The number of fused-ring (bicyclic) bond motifs is 1. The zero-order chi connectivity index (χ0) is 22.8. The molecule has 2 heterocycles. The number of aryl methyl sites for hydroxylation is 4. The van der Waals surface area contributed by atoms with Crippen LogP contribution in [0.15, 0.2) is 53.6 Å². The molecule has 0 fully saturated rings. The number of carbonyl (C=O) groups is 1. The second kappa shape index (κ2) is 8.75. The predicted molar refractivity (Wildman–Crippen MR) is 129 cm³/mol. The van der Waals surface area contributed by atoms with Gasteiger partial charge in [-0.3, -0.25) is 9.48 Å². The Hall–Kier alpha value is -3.80. The highest BCUT2D eigenvalue weighted by molar-refractivity contribution is 6.07. The Labute approximate surface area is 188 Å². The van der Waals surface area contributed by atoms with Crippen molar-refractivity contribution in [1.29, 1.82) is 0 Å². The average molecular weight is 426 g/mol. The molecular formula is C26H27N5O. The zero-order valence-electron chi connectivity index (χ0n) is 19.1. The van der Waals surface area contributed by atoms with E-state index in [0.717, 1.165) is 51.2 Å². The highest BCUT2D eigenvalue weighted by Crippen LogP contribution is 2.27. The standard InChI is InChI=1S/C26H27N5O/c1-6-31-19(5)23(18(4)30-31)15-27-29-26(32)22-14-25(20-12-11-16(2)13-17(20)3)28-24-10-8-7-9-21(22)24/h7-15H,6H2,1-5H3,(H,29,32). The van der Waals surface area contributed by atoms with Crippen molar-refractivity contribution in [2.45, 2.75) is 41.2 Å². The number of hydrazone groups is 1. The minimum absolute atomic E-state index is 0.274. The first-order valence-corrected chi connectivity index (χ1v) is 10.7. The van der Waals surface area contributed by atoms with Crippen LogP contribution in [0, 0.1) is 27.7 Å². The second-order valence-corrected chi connectivity index (χ2v) is 7.99. The molecule has 4 aromatic rings. The van der Waals surface area contributed by atoms with Gasteiger partial charge in [0.25, 0.3) is 5.91 Å². The number of pyridine rings is 1. The van der Waals surface area contributed by atoms with Gasteiger partial charge in [0.15, 0.2) is 0 Å². The lowest BCUT2D eigenvalue weighted by Crippen LogP contribution is -2.18. The van der Waals surface area contributed by atoms with Gasteiger partial charge >= 0.3 is 0 Å². The maximum atomic E-state index is 13.1. The normalized spacial score (nSPS) is 11.4. The van der Waals surface area contributed by atoms with Crippen LogP contribution in [0.4, 0.5) is 0 Å². The van der Waals surface area contributed by atoms with Crippen molar-refractivity contribution in [2.24, 2.45) is 5.10 Å². The van der Waals surface area contributed by atoms with E-state index in [1.165, 1.54) is 5.56 Å². The fourth-order valence-corrected chi connectivity index (χ4v) is 4.02. The summed E-state index contributed by atoms with van der Waals surface area (Å²) in [7, 11) is 0. The molecule has 0 atom stereocenters. The van der Waals surface area contributed by atoms with E-state index in [0.29, 0.717) is 5.56 Å². The highest BCUT2D eigenvalue weighted by atomic mass is 16.2. The van der Waals surface area contributed by atoms with Crippen molar-refractivity contribution in [3.8, 4) is 11.3 Å². The van der Waals surface area contributed by atoms with E-state index in [-0.39, 0.29) is 5.91 Å². The lowest BCUT2D eigenvalue weighted by Gasteiger charge is -2.11. The molecule has 0 aliphatic carbocycles.